The molecule has 1 heterocycles. The second kappa shape index (κ2) is 3.05. The molecule has 0 bridgehead atoms. The molecule has 1 rings (SSSR count). The Bertz CT molecular complexity index is 287. The number of carbonyl (C=O) groups excluding carboxylic acids is 2. The standard InChI is InChI=1S/C6H9NO5P/c1-6(2)4(8)7(5(9)12-6)13(10)11-3/h1-3H3/q+1. The van der Waals surface area contributed by atoms with E-state index in [1.165, 1.54) is 13.8 Å². The molecule has 0 aromatic carbocycles. The molecule has 0 aliphatic carbocycles. The number of cyclic esters (lactones) is 1. The maximum Gasteiger partial charge on any atom is 0.659 e. The molecular formula is C6H9NO5P+. The lowest BCUT2D eigenvalue weighted by Gasteiger charge is -2.09. The van der Waals surface area contributed by atoms with Gasteiger partial charge in [0.05, 0.1) is 7.11 Å². The van der Waals surface area contributed by atoms with E-state index in [9.17, 15) is 14.2 Å². The third-order valence-electron chi connectivity index (χ3n) is 1.54. The van der Waals surface area contributed by atoms with Crippen LogP contribution in [0.3, 0.4) is 0 Å². The number of ether oxygens (including phenoxy) is 1. The molecule has 0 spiro atoms. The highest BCUT2D eigenvalue weighted by Crippen LogP contribution is 2.37. The largest absolute Gasteiger partial charge is 0.659 e. The van der Waals surface area contributed by atoms with Crippen molar-refractivity contribution in [2.24, 2.45) is 0 Å². The molecule has 1 aliphatic heterocycles. The van der Waals surface area contributed by atoms with Gasteiger partial charge in [0.15, 0.2) is 5.60 Å². The summed E-state index contributed by atoms with van der Waals surface area (Å²) >= 11 is 0. The quantitative estimate of drug-likeness (QED) is 0.631. The third-order valence-corrected chi connectivity index (χ3v) is 2.53. The molecule has 0 radical (unpaired) electrons. The smallest absolute Gasteiger partial charge is 0.430 e. The summed E-state index contributed by atoms with van der Waals surface area (Å²) in [6.07, 6.45) is -0.932. The molecule has 0 aromatic heterocycles. The lowest BCUT2D eigenvalue weighted by atomic mass is 10.1. The first kappa shape index (κ1) is 10.1. The van der Waals surface area contributed by atoms with Crippen LogP contribution in [0.1, 0.15) is 13.8 Å². The summed E-state index contributed by atoms with van der Waals surface area (Å²) in [6, 6.07) is 0. The van der Waals surface area contributed by atoms with E-state index < -0.39 is 25.8 Å². The molecule has 1 aliphatic rings. The molecule has 7 heteroatoms. The van der Waals surface area contributed by atoms with Gasteiger partial charge in [-0.15, -0.1) is 4.52 Å². The van der Waals surface area contributed by atoms with E-state index >= 15 is 0 Å². The molecule has 6 nitrogen and oxygen atoms in total. The van der Waals surface area contributed by atoms with E-state index in [2.05, 4.69) is 9.26 Å². The van der Waals surface area contributed by atoms with Crippen molar-refractivity contribution in [3.63, 3.8) is 0 Å². The van der Waals surface area contributed by atoms with E-state index in [1.54, 1.807) is 0 Å². The van der Waals surface area contributed by atoms with Crippen LogP contribution in [-0.4, -0.2) is 29.4 Å². The van der Waals surface area contributed by atoms with Gasteiger partial charge >= 0.3 is 20.2 Å². The fraction of sp³-hybridized carbons (Fsp3) is 0.667. The van der Waals surface area contributed by atoms with E-state index in [0.29, 0.717) is 4.67 Å². The summed E-state index contributed by atoms with van der Waals surface area (Å²) in [5, 5.41) is 0. The van der Waals surface area contributed by atoms with Gasteiger partial charge in [-0.25, -0.2) is 4.79 Å². The summed E-state index contributed by atoms with van der Waals surface area (Å²) in [6.45, 7) is 2.85. The third kappa shape index (κ3) is 1.55. The van der Waals surface area contributed by atoms with Crippen molar-refractivity contribution in [2.45, 2.75) is 19.4 Å². The molecule has 1 saturated heterocycles. The van der Waals surface area contributed by atoms with Crippen molar-refractivity contribution < 1.29 is 23.4 Å². The fourth-order valence-electron chi connectivity index (χ4n) is 0.866. The van der Waals surface area contributed by atoms with Crippen molar-refractivity contribution in [3.05, 3.63) is 0 Å². The average molecular weight is 206 g/mol. The Balaban J connectivity index is 2.95. The number of rotatable bonds is 2. The molecule has 1 fully saturated rings. The van der Waals surface area contributed by atoms with E-state index in [1.807, 2.05) is 0 Å². The van der Waals surface area contributed by atoms with Crippen LogP contribution in [0, 0.1) is 0 Å². The zero-order chi connectivity index (χ0) is 10.2. The van der Waals surface area contributed by atoms with Crippen molar-refractivity contribution in [2.75, 3.05) is 7.11 Å². The van der Waals surface area contributed by atoms with Crippen LogP contribution in [-0.2, 0) is 18.6 Å². The number of carbonyl (C=O) groups is 2. The van der Waals surface area contributed by atoms with Crippen LogP contribution >= 0.6 is 8.18 Å². The average Bonchev–Trinajstić information content (AvgIpc) is 2.21. The van der Waals surface area contributed by atoms with Gasteiger partial charge in [0, 0.05) is 9.24 Å². The highest BCUT2D eigenvalue weighted by Gasteiger charge is 2.57. The monoisotopic (exact) mass is 206 g/mol. The Morgan fingerprint density at radius 3 is 2.31 bits per heavy atom. The Morgan fingerprint density at radius 2 is 2.00 bits per heavy atom. The zero-order valence-corrected chi connectivity index (χ0v) is 8.33. The molecule has 72 valence electrons. The fourth-order valence-corrected chi connectivity index (χ4v) is 1.59. The highest BCUT2D eigenvalue weighted by molar-refractivity contribution is 7.38. The van der Waals surface area contributed by atoms with E-state index in [0.717, 1.165) is 7.11 Å². The van der Waals surface area contributed by atoms with Gasteiger partial charge in [0.2, 0.25) is 0 Å². The number of amides is 2. The van der Waals surface area contributed by atoms with Crippen molar-refractivity contribution >= 4 is 20.2 Å². The summed E-state index contributed by atoms with van der Waals surface area (Å²) < 4.78 is 20.6. The van der Waals surface area contributed by atoms with Gasteiger partial charge in [-0.1, -0.05) is 0 Å². The minimum absolute atomic E-state index is 0.481. The Kier molecular flexibility index (Phi) is 2.36. The number of nitrogens with zero attached hydrogens (tertiary/aromatic N) is 1. The van der Waals surface area contributed by atoms with Crippen LogP contribution in [0.5, 0.6) is 0 Å². The first-order valence-electron chi connectivity index (χ1n) is 3.49. The molecule has 1 unspecified atom stereocenters. The first-order chi connectivity index (χ1) is 5.90. The molecular weight excluding hydrogens is 197 g/mol. The Morgan fingerprint density at radius 1 is 1.46 bits per heavy atom. The second-order valence-electron chi connectivity index (χ2n) is 2.92. The Hall–Kier alpha value is -1.00. The van der Waals surface area contributed by atoms with Crippen molar-refractivity contribution in [1.29, 1.82) is 0 Å². The van der Waals surface area contributed by atoms with Crippen LogP contribution in [0.25, 0.3) is 0 Å². The van der Waals surface area contributed by atoms with E-state index in [4.69, 9.17) is 0 Å². The van der Waals surface area contributed by atoms with Gasteiger partial charge in [-0.05, 0) is 13.8 Å². The normalized spacial score (nSPS) is 21.8. The SMILES string of the molecule is CO[P+](=O)N1C(=O)OC(C)(C)C1=O. The van der Waals surface area contributed by atoms with Gasteiger partial charge in [0.25, 0.3) is 0 Å². The van der Waals surface area contributed by atoms with Crippen molar-refractivity contribution in [1.82, 2.24) is 4.67 Å². The minimum atomic E-state index is -2.46. The Labute approximate surface area is 75.7 Å². The maximum atomic E-state index is 11.4. The van der Waals surface area contributed by atoms with Gasteiger partial charge in [0.1, 0.15) is 0 Å². The van der Waals surface area contributed by atoms with Crippen LogP contribution in [0.15, 0.2) is 0 Å². The van der Waals surface area contributed by atoms with Crippen LogP contribution in [0.4, 0.5) is 4.79 Å². The van der Waals surface area contributed by atoms with E-state index in [-0.39, 0.29) is 0 Å². The topological polar surface area (TPSA) is 72.9 Å². The van der Waals surface area contributed by atoms with Crippen LogP contribution < -0.4 is 0 Å². The molecule has 2 amide bonds. The minimum Gasteiger partial charge on any atom is -0.430 e. The highest BCUT2D eigenvalue weighted by atomic mass is 31.1. The maximum absolute atomic E-state index is 11.4. The van der Waals surface area contributed by atoms with Crippen LogP contribution in [0.2, 0.25) is 0 Å². The summed E-state index contributed by atoms with van der Waals surface area (Å²) in [4.78, 5) is 22.4. The lowest BCUT2D eigenvalue weighted by Crippen LogP contribution is -2.32. The predicted molar refractivity (Wildman–Crippen MR) is 42.0 cm³/mol. The number of hydrogen-bond donors (Lipinski definition) is 0. The summed E-state index contributed by atoms with van der Waals surface area (Å²) in [5.41, 5.74) is -1.25. The van der Waals surface area contributed by atoms with Gasteiger partial charge in [-0.3, -0.25) is 4.79 Å². The molecule has 0 N–H and O–H groups in total. The first-order valence-corrected chi connectivity index (χ1v) is 4.62. The predicted octanol–water partition coefficient (Wildman–Crippen LogP) is 1.05. The van der Waals surface area contributed by atoms with Gasteiger partial charge in [-0.2, -0.15) is 0 Å². The molecule has 0 saturated carbocycles. The lowest BCUT2D eigenvalue weighted by molar-refractivity contribution is -0.132. The molecule has 1 atom stereocenters. The second-order valence-corrected chi connectivity index (χ2v) is 4.16. The number of imide groups is 1. The van der Waals surface area contributed by atoms with Gasteiger partial charge < -0.3 is 4.74 Å². The number of hydrogen-bond acceptors (Lipinski definition) is 5. The summed E-state index contributed by atoms with van der Waals surface area (Å²) in [7, 11) is -1.31. The zero-order valence-electron chi connectivity index (χ0n) is 7.44. The molecule has 0 aromatic rings. The van der Waals surface area contributed by atoms with Crippen molar-refractivity contribution in [3.8, 4) is 0 Å². The molecule has 13 heavy (non-hydrogen) atoms. The summed E-state index contributed by atoms with van der Waals surface area (Å²) in [5.74, 6) is -0.652.